The van der Waals surface area contributed by atoms with Crippen LogP contribution in [0.1, 0.15) is 31.9 Å². The average Bonchev–Trinajstić information content (AvgIpc) is 2.93. The van der Waals surface area contributed by atoms with Gasteiger partial charge in [-0.1, -0.05) is 20.8 Å². The lowest BCUT2D eigenvalue weighted by Crippen LogP contribution is -2.33. The van der Waals surface area contributed by atoms with Crippen LogP contribution in [0.4, 0.5) is 8.78 Å². The molecular weight excluding hydrogens is 334 g/mol. The first-order valence-corrected chi connectivity index (χ1v) is 8.54. The normalized spacial score (nSPS) is 11.8. The van der Waals surface area contributed by atoms with Crippen molar-refractivity contribution in [1.29, 1.82) is 0 Å². The number of aromatic nitrogens is 2. The molecule has 0 aliphatic rings. The Balaban J connectivity index is 2.25. The summed E-state index contributed by atoms with van der Waals surface area (Å²) in [6, 6.07) is 4.80. The predicted octanol–water partition coefficient (Wildman–Crippen LogP) is 4.15. The van der Waals surface area contributed by atoms with Crippen LogP contribution >= 0.6 is 0 Å². The molecule has 2 aromatic heterocycles. The number of nitrogens with zero attached hydrogens (tertiary/aromatic N) is 2. The summed E-state index contributed by atoms with van der Waals surface area (Å²) >= 11 is 0. The molecular formula is C21H24F2N2O+2. The molecule has 0 aliphatic heterocycles. The third-order valence-corrected chi connectivity index (χ3v) is 4.74. The van der Waals surface area contributed by atoms with Gasteiger partial charge in [-0.25, -0.2) is 13.3 Å². The summed E-state index contributed by atoms with van der Waals surface area (Å²) < 4.78 is 38.3. The summed E-state index contributed by atoms with van der Waals surface area (Å²) in [6.07, 6.45) is 5.16. The van der Waals surface area contributed by atoms with E-state index in [-0.39, 0.29) is 11.0 Å². The third-order valence-electron chi connectivity index (χ3n) is 4.74. The van der Waals surface area contributed by atoms with Crippen LogP contribution in [0, 0.1) is 18.6 Å². The van der Waals surface area contributed by atoms with Crippen molar-refractivity contribution < 1.29 is 22.3 Å². The van der Waals surface area contributed by atoms with Gasteiger partial charge < -0.3 is 4.42 Å². The van der Waals surface area contributed by atoms with Crippen LogP contribution in [0.25, 0.3) is 22.7 Å². The Hall–Kier alpha value is -2.56. The fraction of sp³-hybridized carbons (Fsp3) is 0.333. The standard InChI is InChI=1S/C21H24F2N2O/c1-13-18(17-8-7-14(12-25(17)6)21(2,3)4)15(22)11-16(23)19(13)20-24(5)9-10-26-20/h7-12H,1-6H3/q+2. The Kier molecular flexibility index (Phi) is 4.42. The molecule has 2 heterocycles. The maximum absolute atomic E-state index is 14.7. The van der Waals surface area contributed by atoms with Gasteiger partial charge >= 0.3 is 5.89 Å². The summed E-state index contributed by atoms with van der Waals surface area (Å²) in [5, 5.41) is 0. The molecule has 0 atom stereocenters. The average molecular weight is 358 g/mol. The van der Waals surface area contributed by atoms with Crippen LogP contribution in [-0.2, 0) is 19.5 Å². The van der Waals surface area contributed by atoms with Crippen LogP contribution in [0.15, 0.2) is 41.3 Å². The number of rotatable bonds is 2. The number of pyridine rings is 1. The SMILES string of the molecule is Cc1c(-c2ccc(C(C)(C)C)c[n+]2C)c(F)cc(F)c1-c1occ[n+]1C. The Morgan fingerprint density at radius 2 is 1.62 bits per heavy atom. The molecule has 0 N–H and O–H groups in total. The number of benzene rings is 1. The van der Waals surface area contributed by atoms with E-state index in [0.717, 1.165) is 11.6 Å². The molecule has 3 nitrogen and oxygen atoms in total. The summed E-state index contributed by atoms with van der Waals surface area (Å²) in [5.74, 6) is -0.865. The number of hydrogen-bond acceptors (Lipinski definition) is 1. The van der Waals surface area contributed by atoms with E-state index in [2.05, 4.69) is 20.8 Å². The number of oxazole rings is 1. The molecule has 0 spiro atoms. The highest BCUT2D eigenvalue weighted by atomic mass is 19.1. The summed E-state index contributed by atoms with van der Waals surface area (Å²) in [5.41, 5.74) is 2.96. The van der Waals surface area contributed by atoms with Gasteiger partial charge in [0.05, 0.1) is 5.56 Å². The Morgan fingerprint density at radius 3 is 2.15 bits per heavy atom. The number of hydrogen-bond donors (Lipinski definition) is 0. The molecule has 1 aromatic carbocycles. The largest absolute Gasteiger partial charge is 0.406 e. The fourth-order valence-corrected chi connectivity index (χ4v) is 3.20. The van der Waals surface area contributed by atoms with Gasteiger partial charge in [-0.2, -0.15) is 4.57 Å². The molecule has 26 heavy (non-hydrogen) atoms. The minimum atomic E-state index is -0.636. The predicted molar refractivity (Wildman–Crippen MR) is 95.3 cm³/mol. The smallest absolute Gasteiger partial charge is 0.383 e. The van der Waals surface area contributed by atoms with E-state index >= 15 is 0 Å². The van der Waals surface area contributed by atoms with Gasteiger partial charge in [-0.05, 0) is 24.0 Å². The molecule has 0 fully saturated rings. The van der Waals surface area contributed by atoms with Crippen molar-refractivity contribution in [3.63, 3.8) is 0 Å². The lowest BCUT2D eigenvalue weighted by molar-refractivity contribution is -0.662. The van der Waals surface area contributed by atoms with Crippen LogP contribution in [0.5, 0.6) is 0 Å². The minimum absolute atomic E-state index is 0.0141. The van der Waals surface area contributed by atoms with E-state index in [1.165, 1.54) is 6.26 Å². The first-order valence-electron chi connectivity index (χ1n) is 8.54. The van der Waals surface area contributed by atoms with Crippen LogP contribution in [0.3, 0.4) is 0 Å². The van der Waals surface area contributed by atoms with Gasteiger partial charge in [0.1, 0.15) is 31.3 Å². The van der Waals surface area contributed by atoms with Gasteiger partial charge in [0.2, 0.25) is 11.9 Å². The van der Waals surface area contributed by atoms with Crippen LogP contribution in [0.2, 0.25) is 0 Å². The number of halogens is 2. The topological polar surface area (TPSA) is 20.9 Å². The zero-order chi connectivity index (χ0) is 19.2. The van der Waals surface area contributed by atoms with Crippen molar-refractivity contribution in [3.8, 4) is 22.7 Å². The summed E-state index contributed by atoms with van der Waals surface area (Å²) in [4.78, 5) is 0. The second kappa shape index (κ2) is 6.31. The monoisotopic (exact) mass is 358 g/mol. The van der Waals surface area contributed by atoms with Gasteiger partial charge in [-0.15, -0.1) is 0 Å². The first-order chi connectivity index (χ1) is 12.1. The minimum Gasteiger partial charge on any atom is -0.406 e. The lowest BCUT2D eigenvalue weighted by Gasteiger charge is -2.18. The number of aryl methyl sites for hydroxylation is 2. The van der Waals surface area contributed by atoms with Crippen molar-refractivity contribution in [2.75, 3.05) is 0 Å². The lowest BCUT2D eigenvalue weighted by atomic mass is 9.87. The maximum atomic E-state index is 14.7. The van der Waals surface area contributed by atoms with Gasteiger partial charge in [0.25, 0.3) is 0 Å². The van der Waals surface area contributed by atoms with Crippen LogP contribution in [-0.4, -0.2) is 0 Å². The quantitative estimate of drug-likeness (QED) is 0.631. The van der Waals surface area contributed by atoms with Crippen molar-refractivity contribution in [3.05, 3.63) is 59.6 Å². The van der Waals surface area contributed by atoms with Crippen molar-refractivity contribution >= 4 is 0 Å². The van der Waals surface area contributed by atoms with E-state index in [1.54, 1.807) is 24.7 Å². The van der Waals surface area contributed by atoms with Gasteiger partial charge in [0, 0.05) is 17.7 Å². The van der Waals surface area contributed by atoms with Crippen molar-refractivity contribution in [2.24, 2.45) is 14.1 Å². The molecule has 0 amide bonds. The third kappa shape index (κ3) is 3.02. The second-order valence-corrected chi connectivity index (χ2v) is 7.70. The van der Waals surface area contributed by atoms with E-state index in [9.17, 15) is 8.78 Å². The molecule has 5 heteroatoms. The molecule has 0 saturated carbocycles. The summed E-state index contributed by atoms with van der Waals surface area (Å²) in [6.45, 7) is 8.10. The van der Waals surface area contributed by atoms with Crippen molar-refractivity contribution in [1.82, 2.24) is 0 Å². The second-order valence-electron chi connectivity index (χ2n) is 7.70. The van der Waals surface area contributed by atoms with Gasteiger partial charge in [-0.3, -0.25) is 0 Å². The molecule has 136 valence electrons. The highest BCUT2D eigenvalue weighted by molar-refractivity contribution is 5.72. The molecule has 0 unspecified atom stereocenters. The Bertz CT molecular complexity index is 984. The van der Waals surface area contributed by atoms with E-state index in [0.29, 0.717) is 22.7 Å². The fourth-order valence-electron chi connectivity index (χ4n) is 3.20. The van der Waals surface area contributed by atoms with E-state index in [1.807, 2.05) is 29.9 Å². The molecule has 3 aromatic rings. The molecule has 0 aliphatic carbocycles. The molecule has 0 radical (unpaired) electrons. The first kappa shape index (κ1) is 18.2. The zero-order valence-electron chi connectivity index (χ0n) is 16.0. The van der Waals surface area contributed by atoms with E-state index < -0.39 is 11.6 Å². The highest BCUT2D eigenvalue weighted by Gasteiger charge is 2.29. The van der Waals surface area contributed by atoms with Crippen molar-refractivity contribution in [2.45, 2.75) is 33.1 Å². The molecule has 0 saturated heterocycles. The zero-order valence-corrected chi connectivity index (χ0v) is 16.0. The molecule has 3 rings (SSSR count). The Labute approximate surface area is 152 Å². The van der Waals surface area contributed by atoms with Gasteiger partial charge in [0.15, 0.2) is 12.5 Å². The summed E-state index contributed by atoms with van der Waals surface area (Å²) in [7, 11) is 3.64. The van der Waals surface area contributed by atoms with Crippen LogP contribution < -0.4 is 9.13 Å². The Morgan fingerprint density at radius 1 is 0.962 bits per heavy atom. The highest BCUT2D eigenvalue weighted by Crippen LogP contribution is 2.34. The van der Waals surface area contributed by atoms with E-state index in [4.69, 9.17) is 4.42 Å². The molecule has 0 bridgehead atoms. The maximum Gasteiger partial charge on any atom is 0.383 e.